The van der Waals surface area contributed by atoms with Gasteiger partial charge in [0, 0.05) is 0 Å². The van der Waals surface area contributed by atoms with E-state index in [2.05, 4.69) is 0 Å². The second-order valence-electron chi connectivity index (χ2n) is 1.77. The molecule has 0 bridgehead atoms. The van der Waals surface area contributed by atoms with Crippen molar-refractivity contribution in [3.63, 3.8) is 0 Å². The molecule has 0 heterocycles. The van der Waals surface area contributed by atoms with Crippen molar-refractivity contribution < 1.29 is 9.84 Å². The lowest BCUT2D eigenvalue weighted by Gasteiger charge is -1.99. The molecule has 53 valence electrons. The average Bonchev–Trinajstić information content (AvgIpc) is 1.95. The van der Waals surface area contributed by atoms with E-state index < -0.39 is 0 Å². The molecule has 0 fully saturated rings. The third-order valence-electron chi connectivity index (χ3n) is 1.15. The maximum atomic E-state index is 10.9. The SMILES string of the molecule is COc1cccc(Cl)c1[O]. The molecule has 1 rings (SSSR count). The van der Waals surface area contributed by atoms with Crippen molar-refractivity contribution in [2.24, 2.45) is 0 Å². The Hall–Kier alpha value is -0.890. The van der Waals surface area contributed by atoms with Crippen LogP contribution < -0.4 is 4.74 Å². The molecule has 2 nitrogen and oxygen atoms in total. The Balaban J connectivity index is 3.14. The van der Waals surface area contributed by atoms with Gasteiger partial charge < -0.3 is 4.74 Å². The van der Waals surface area contributed by atoms with Crippen molar-refractivity contribution in [3.05, 3.63) is 23.2 Å². The first-order valence-electron chi connectivity index (χ1n) is 2.75. The van der Waals surface area contributed by atoms with Gasteiger partial charge in [0.1, 0.15) is 0 Å². The van der Waals surface area contributed by atoms with Crippen LogP contribution in [0.4, 0.5) is 0 Å². The minimum Gasteiger partial charge on any atom is -0.493 e. The molecule has 1 radical (unpaired) electrons. The van der Waals surface area contributed by atoms with Crippen LogP contribution in [0.1, 0.15) is 0 Å². The number of rotatable bonds is 1. The zero-order valence-corrected chi connectivity index (χ0v) is 6.18. The van der Waals surface area contributed by atoms with Crippen LogP contribution in [0.2, 0.25) is 5.02 Å². The molecular formula is C7H6ClO2. The molecule has 3 heteroatoms. The van der Waals surface area contributed by atoms with Gasteiger partial charge in [-0.2, -0.15) is 0 Å². The highest BCUT2D eigenvalue weighted by Crippen LogP contribution is 2.33. The Bertz CT molecular complexity index is 235. The number of halogens is 1. The highest BCUT2D eigenvalue weighted by atomic mass is 35.5. The molecule has 0 N–H and O–H groups in total. The molecule has 0 saturated carbocycles. The van der Waals surface area contributed by atoms with Crippen molar-refractivity contribution in [2.45, 2.75) is 0 Å². The van der Waals surface area contributed by atoms with Crippen LogP contribution in [-0.4, -0.2) is 7.11 Å². The second kappa shape index (κ2) is 2.80. The van der Waals surface area contributed by atoms with Gasteiger partial charge in [-0.15, -0.1) is 0 Å². The largest absolute Gasteiger partial charge is 0.493 e. The minimum atomic E-state index is -0.258. The maximum absolute atomic E-state index is 10.9. The first-order valence-corrected chi connectivity index (χ1v) is 3.13. The topological polar surface area (TPSA) is 29.1 Å². The molecule has 0 unspecified atom stereocenters. The molecule has 1 aromatic carbocycles. The van der Waals surface area contributed by atoms with Gasteiger partial charge in [-0.1, -0.05) is 17.7 Å². The van der Waals surface area contributed by atoms with Crippen molar-refractivity contribution in [3.8, 4) is 11.5 Å². The van der Waals surface area contributed by atoms with E-state index in [4.69, 9.17) is 16.3 Å². The van der Waals surface area contributed by atoms with Gasteiger partial charge in [-0.25, -0.2) is 0 Å². The molecule has 0 atom stereocenters. The van der Waals surface area contributed by atoms with Gasteiger partial charge in [-0.3, -0.25) is 5.11 Å². The lowest BCUT2D eigenvalue weighted by atomic mass is 10.3. The summed E-state index contributed by atoms with van der Waals surface area (Å²) in [5, 5.41) is 11.1. The molecule has 0 amide bonds. The minimum absolute atomic E-state index is 0.194. The summed E-state index contributed by atoms with van der Waals surface area (Å²) in [6, 6.07) is 4.78. The van der Waals surface area contributed by atoms with Gasteiger partial charge >= 0.3 is 0 Å². The summed E-state index contributed by atoms with van der Waals surface area (Å²) in [7, 11) is 1.44. The Kier molecular flexibility index (Phi) is 2.02. The molecule has 0 aliphatic carbocycles. The van der Waals surface area contributed by atoms with E-state index in [9.17, 15) is 5.11 Å². The van der Waals surface area contributed by atoms with E-state index >= 15 is 0 Å². The normalized spacial score (nSPS) is 9.40. The smallest absolute Gasteiger partial charge is 0.238 e. The first kappa shape index (κ1) is 7.22. The predicted molar refractivity (Wildman–Crippen MR) is 38.1 cm³/mol. The molecule has 10 heavy (non-hydrogen) atoms. The third-order valence-corrected chi connectivity index (χ3v) is 1.45. The third kappa shape index (κ3) is 1.16. The quantitative estimate of drug-likeness (QED) is 0.616. The second-order valence-corrected chi connectivity index (χ2v) is 2.18. The summed E-state index contributed by atoms with van der Waals surface area (Å²) in [5.41, 5.74) is 0. The van der Waals surface area contributed by atoms with Crippen LogP contribution in [0.3, 0.4) is 0 Å². The summed E-state index contributed by atoms with van der Waals surface area (Å²) < 4.78 is 4.73. The van der Waals surface area contributed by atoms with Crippen molar-refractivity contribution in [1.29, 1.82) is 0 Å². The monoisotopic (exact) mass is 157 g/mol. The lowest BCUT2D eigenvalue weighted by molar-refractivity contribution is 0.315. The zero-order chi connectivity index (χ0) is 7.56. The number of hydrogen-bond donors (Lipinski definition) is 0. The number of ether oxygens (including phenoxy) is 1. The number of methoxy groups -OCH3 is 1. The molecule has 0 saturated heterocycles. The highest BCUT2D eigenvalue weighted by molar-refractivity contribution is 6.32. The molecule has 0 aromatic heterocycles. The van der Waals surface area contributed by atoms with Crippen molar-refractivity contribution >= 4 is 11.6 Å². The summed E-state index contributed by atoms with van der Waals surface area (Å²) >= 11 is 5.50. The van der Waals surface area contributed by atoms with E-state index in [0.717, 1.165) is 0 Å². The fourth-order valence-electron chi connectivity index (χ4n) is 0.650. The Labute approximate surface area is 64.0 Å². The van der Waals surface area contributed by atoms with E-state index in [0.29, 0.717) is 0 Å². The fraction of sp³-hybridized carbons (Fsp3) is 0.143. The highest BCUT2D eigenvalue weighted by Gasteiger charge is 2.05. The molecular weight excluding hydrogens is 152 g/mol. The van der Waals surface area contributed by atoms with Gasteiger partial charge in [-0.05, 0) is 12.1 Å². The van der Waals surface area contributed by atoms with Crippen LogP contribution in [-0.2, 0) is 5.11 Å². The average molecular weight is 158 g/mol. The van der Waals surface area contributed by atoms with Gasteiger partial charge in [0.15, 0.2) is 5.75 Å². The predicted octanol–water partition coefficient (Wildman–Crippen LogP) is 2.49. The number of para-hydroxylation sites is 1. The van der Waals surface area contributed by atoms with Gasteiger partial charge in [0.2, 0.25) is 5.75 Å². The van der Waals surface area contributed by atoms with E-state index in [1.807, 2.05) is 0 Å². The summed E-state index contributed by atoms with van der Waals surface area (Å²) in [6.45, 7) is 0. The maximum Gasteiger partial charge on any atom is 0.238 e. The number of hydrogen-bond acceptors (Lipinski definition) is 1. The van der Waals surface area contributed by atoms with Gasteiger partial charge in [0.25, 0.3) is 0 Å². The lowest BCUT2D eigenvalue weighted by Crippen LogP contribution is -1.81. The molecule has 0 aliphatic heterocycles. The zero-order valence-electron chi connectivity index (χ0n) is 5.43. The summed E-state index contributed by atoms with van der Waals surface area (Å²) in [4.78, 5) is 0. The summed E-state index contributed by atoms with van der Waals surface area (Å²) in [5.74, 6) is 0.0270. The van der Waals surface area contributed by atoms with Crippen LogP contribution in [0.25, 0.3) is 0 Å². The molecule has 0 spiro atoms. The standard InChI is InChI=1S/C7H6ClO2/c1-10-6-4-2-3-5(8)7(6)9/h2-4H,1H3. The fourth-order valence-corrected chi connectivity index (χ4v) is 0.816. The first-order chi connectivity index (χ1) is 4.75. The molecule has 0 aliphatic rings. The van der Waals surface area contributed by atoms with Crippen molar-refractivity contribution in [1.82, 2.24) is 0 Å². The number of benzene rings is 1. The van der Waals surface area contributed by atoms with E-state index in [1.54, 1.807) is 12.1 Å². The van der Waals surface area contributed by atoms with E-state index in [1.165, 1.54) is 13.2 Å². The van der Waals surface area contributed by atoms with Gasteiger partial charge in [0.05, 0.1) is 12.1 Å². The summed E-state index contributed by atoms with van der Waals surface area (Å²) in [6.07, 6.45) is 0. The molecule has 1 aromatic rings. The van der Waals surface area contributed by atoms with Crippen LogP contribution in [0.5, 0.6) is 11.5 Å². The van der Waals surface area contributed by atoms with E-state index in [-0.39, 0.29) is 16.5 Å². The Morgan fingerprint density at radius 2 is 2.20 bits per heavy atom. The van der Waals surface area contributed by atoms with Crippen molar-refractivity contribution in [2.75, 3.05) is 7.11 Å². The van der Waals surface area contributed by atoms with Crippen LogP contribution >= 0.6 is 11.6 Å². The Morgan fingerprint density at radius 1 is 1.50 bits per heavy atom. The van der Waals surface area contributed by atoms with Crippen LogP contribution in [0.15, 0.2) is 18.2 Å². The van der Waals surface area contributed by atoms with Crippen LogP contribution in [0, 0.1) is 0 Å². The Morgan fingerprint density at radius 3 is 2.70 bits per heavy atom.